The molecule has 1 aromatic heterocycles. The van der Waals surface area contributed by atoms with E-state index in [0.29, 0.717) is 21.6 Å². The molecule has 1 N–H and O–H groups in total. The van der Waals surface area contributed by atoms with E-state index in [1.165, 1.54) is 18.9 Å². The molecule has 1 amide bonds. The number of halogens is 1. The molecular weight excluding hydrogens is 374 g/mol. The number of amides is 1. The molecule has 26 heavy (non-hydrogen) atoms. The van der Waals surface area contributed by atoms with Gasteiger partial charge in [0.2, 0.25) is 11.1 Å². The van der Waals surface area contributed by atoms with Crippen molar-refractivity contribution < 1.29 is 9.53 Å². The van der Waals surface area contributed by atoms with E-state index >= 15 is 0 Å². The number of para-hydroxylation sites is 1. The summed E-state index contributed by atoms with van der Waals surface area (Å²) in [4.78, 5) is 12.2. The summed E-state index contributed by atoms with van der Waals surface area (Å²) < 4.78 is 6.72. The second kappa shape index (κ2) is 8.20. The second-order valence-electron chi connectivity index (χ2n) is 5.35. The van der Waals surface area contributed by atoms with Crippen LogP contribution in [-0.2, 0) is 4.79 Å². The van der Waals surface area contributed by atoms with Crippen molar-refractivity contribution in [3.05, 3.63) is 53.1 Å². The molecule has 0 saturated carbocycles. The first-order valence-electron chi connectivity index (χ1n) is 7.69. The van der Waals surface area contributed by atoms with Crippen LogP contribution in [0.5, 0.6) is 5.75 Å². The average molecular weight is 390 g/mol. The van der Waals surface area contributed by atoms with Gasteiger partial charge in [0.1, 0.15) is 5.75 Å². The summed E-state index contributed by atoms with van der Waals surface area (Å²) in [6.07, 6.45) is 0. The normalized spacial score (nSPS) is 10.6. The fourth-order valence-corrected chi connectivity index (χ4v) is 3.23. The maximum Gasteiger partial charge on any atom is 0.234 e. The van der Waals surface area contributed by atoms with Gasteiger partial charge in [0, 0.05) is 5.69 Å². The average Bonchev–Trinajstić information content (AvgIpc) is 3.09. The molecule has 0 unspecified atom stereocenters. The number of carbonyl (C=O) groups is 1. The Bertz CT molecular complexity index is 931. The summed E-state index contributed by atoms with van der Waals surface area (Å²) in [7, 11) is 1.54. The Hall–Kier alpha value is -2.58. The number of hydrogen-bond acceptors (Lipinski definition) is 6. The highest BCUT2D eigenvalue weighted by Crippen LogP contribution is 2.27. The summed E-state index contributed by atoms with van der Waals surface area (Å²) in [6, 6.07) is 12.8. The maximum absolute atomic E-state index is 12.2. The minimum absolute atomic E-state index is 0.163. The third-order valence-electron chi connectivity index (χ3n) is 3.55. The zero-order chi connectivity index (χ0) is 18.5. The lowest BCUT2D eigenvalue weighted by molar-refractivity contribution is -0.113. The first-order chi connectivity index (χ1) is 12.6. The SMILES string of the molecule is COc1ccc(NC(=O)CSc2nnnn2-c2ccccc2C)cc1Cl. The molecule has 0 bridgehead atoms. The molecule has 0 radical (unpaired) electrons. The van der Waals surface area contributed by atoms with Gasteiger partial charge in [0.25, 0.3) is 0 Å². The van der Waals surface area contributed by atoms with Crippen molar-refractivity contribution in [2.75, 3.05) is 18.2 Å². The van der Waals surface area contributed by atoms with Gasteiger partial charge >= 0.3 is 0 Å². The molecule has 3 aromatic rings. The molecule has 2 aromatic carbocycles. The molecule has 3 rings (SSSR count). The lowest BCUT2D eigenvalue weighted by Gasteiger charge is -2.09. The lowest BCUT2D eigenvalue weighted by Crippen LogP contribution is -2.14. The Morgan fingerprint density at radius 3 is 2.85 bits per heavy atom. The maximum atomic E-state index is 12.2. The molecule has 1 heterocycles. The highest BCUT2D eigenvalue weighted by molar-refractivity contribution is 7.99. The number of nitrogens with zero attached hydrogens (tertiary/aromatic N) is 4. The number of anilines is 1. The topological polar surface area (TPSA) is 81.9 Å². The van der Waals surface area contributed by atoms with E-state index in [0.717, 1.165) is 11.3 Å². The summed E-state index contributed by atoms with van der Waals surface area (Å²) >= 11 is 7.32. The van der Waals surface area contributed by atoms with Crippen molar-refractivity contribution in [3.8, 4) is 11.4 Å². The van der Waals surface area contributed by atoms with Crippen LogP contribution in [0, 0.1) is 6.92 Å². The summed E-state index contributed by atoms with van der Waals surface area (Å²) in [5, 5.41) is 15.5. The Kier molecular flexibility index (Phi) is 5.75. The molecule has 0 aliphatic rings. The Balaban J connectivity index is 1.65. The number of hydrogen-bond donors (Lipinski definition) is 1. The van der Waals surface area contributed by atoms with Gasteiger partial charge in [-0.25, -0.2) is 0 Å². The van der Waals surface area contributed by atoms with E-state index in [-0.39, 0.29) is 11.7 Å². The van der Waals surface area contributed by atoms with Gasteiger partial charge in [-0.1, -0.05) is 41.6 Å². The Morgan fingerprint density at radius 1 is 1.31 bits per heavy atom. The van der Waals surface area contributed by atoms with Crippen LogP contribution in [0.4, 0.5) is 5.69 Å². The number of aromatic nitrogens is 4. The van der Waals surface area contributed by atoms with Crippen molar-refractivity contribution in [3.63, 3.8) is 0 Å². The van der Waals surface area contributed by atoms with E-state index in [4.69, 9.17) is 16.3 Å². The number of nitrogens with one attached hydrogen (secondary N) is 1. The molecule has 0 aliphatic heterocycles. The first-order valence-corrected chi connectivity index (χ1v) is 9.05. The van der Waals surface area contributed by atoms with Crippen LogP contribution in [0.25, 0.3) is 5.69 Å². The van der Waals surface area contributed by atoms with Crippen LogP contribution in [0.2, 0.25) is 5.02 Å². The highest BCUT2D eigenvalue weighted by Gasteiger charge is 2.13. The minimum Gasteiger partial charge on any atom is -0.495 e. The third-order valence-corrected chi connectivity index (χ3v) is 4.77. The van der Waals surface area contributed by atoms with Crippen molar-refractivity contribution in [1.82, 2.24) is 20.2 Å². The smallest absolute Gasteiger partial charge is 0.234 e. The van der Waals surface area contributed by atoms with Crippen molar-refractivity contribution in [2.24, 2.45) is 0 Å². The number of benzene rings is 2. The summed E-state index contributed by atoms with van der Waals surface area (Å²) in [5.74, 6) is 0.530. The summed E-state index contributed by atoms with van der Waals surface area (Å²) in [6.45, 7) is 1.98. The molecule has 0 aliphatic carbocycles. The number of tetrazole rings is 1. The van der Waals surface area contributed by atoms with Gasteiger partial charge in [-0.2, -0.15) is 4.68 Å². The number of aryl methyl sites for hydroxylation is 1. The van der Waals surface area contributed by atoms with Crippen molar-refractivity contribution >= 4 is 35.0 Å². The monoisotopic (exact) mass is 389 g/mol. The van der Waals surface area contributed by atoms with E-state index in [1.807, 2.05) is 31.2 Å². The number of rotatable bonds is 6. The standard InChI is InChI=1S/C17H16ClN5O2S/c1-11-5-3-4-6-14(11)23-17(20-21-22-23)26-10-16(24)19-12-7-8-15(25-2)13(18)9-12/h3-9H,10H2,1-2H3,(H,19,24). The zero-order valence-electron chi connectivity index (χ0n) is 14.1. The van der Waals surface area contributed by atoms with Gasteiger partial charge in [-0.15, -0.1) is 5.10 Å². The van der Waals surface area contributed by atoms with Gasteiger partial charge < -0.3 is 10.1 Å². The predicted octanol–water partition coefficient (Wildman–Crippen LogP) is 3.36. The molecule has 0 atom stereocenters. The molecule has 0 fully saturated rings. The van der Waals surface area contributed by atoms with Gasteiger partial charge in [-0.3, -0.25) is 4.79 Å². The molecule has 7 nitrogen and oxygen atoms in total. The quantitative estimate of drug-likeness (QED) is 0.651. The van der Waals surface area contributed by atoms with E-state index < -0.39 is 0 Å². The lowest BCUT2D eigenvalue weighted by atomic mass is 10.2. The van der Waals surface area contributed by atoms with Crippen LogP contribution in [-0.4, -0.2) is 39.0 Å². The Morgan fingerprint density at radius 2 is 2.12 bits per heavy atom. The predicted molar refractivity (Wildman–Crippen MR) is 101 cm³/mol. The van der Waals surface area contributed by atoms with Crippen LogP contribution in [0.15, 0.2) is 47.6 Å². The van der Waals surface area contributed by atoms with E-state index in [9.17, 15) is 4.79 Å². The zero-order valence-corrected chi connectivity index (χ0v) is 15.7. The molecule has 0 spiro atoms. The van der Waals surface area contributed by atoms with E-state index in [1.54, 1.807) is 22.9 Å². The molecule has 134 valence electrons. The number of carbonyl (C=O) groups excluding carboxylic acids is 1. The molecule has 0 saturated heterocycles. The minimum atomic E-state index is -0.185. The fraction of sp³-hybridized carbons (Fsp3) is 0.176. The largest absolute Gasteiger partial charge is 0.495 e. The first kappa shape index (κ1) is 18.2. The second-order valence-corrected chi connectivity index (χ2v) is 6.70. The highest BCUT2D eigenvalue weighted by atomic mass is 35.5. The molecular formula is C17H16ClN5O2S. The van der Waals surface area contributed by atoms with Crippen LogP contribution in [0.1, 0.15) is 5.56 Å². The Labute approximate surface area is 159 Å². The third kappa shape index (κ3) is 4.14. The van der Waals surface area contributed by atoms with E-state index in [2.05, 4.69) is 20.8 Å². The van der Waals surface area contributed by atoms with Crippen LogP contribution in [0.3, 0.4) is 0 Å². The van der Waals surface area contributed by atoms with Gasteiger partial charge in [-0.05, 0) is 47.2 Å². The van der Waals surface area contributed by atoms with Crippen LogP contribution < -0.4 is 10.1 Å². The van der Waals surface area contributed by atoms with Crippen LogP contribution >= 0.6 is 23.4 Å². The van der Waals surface area contributed by atoms with Crippen molar-refractivity contribution in [2.45, 2.75) is 12.1 Å². The number of ether oxygens (including phenoxy) is 1. The van der Waals surface area contributed by atoms with Gasteiger partial charge in [0.05, 0.1) is 23.6 Å². The summed E-state index contributed by atoms with van der Waals surface area (Å²) in [5.41, 5.74) is 2.52. The van der Waals surface area contributed by atoms with Gasteiger partial charge in [0.15, 0.2) is 0 Å². The van der Waals surface area contributed by atoms with Crippen molar-refractivity contribution in [1.29, 1.82) is 0 Å². The number of thioether (sulfide) groups is 1. The number of methoxy groups -OCH3 is 1. The fourth-order valence-electron chi connectivity index (χ4n) is 2.29. The molecule has 9 heteroatoms.